The summed E-state index contributed by atoms with van der Waals surface area (Å²) in [6, 6.07) is 6.96. The van der Waals surface area contributed by atoms with Crippen molar-refractivity contribution in [2.24, 2.45) is 5.73 Å². The summed E-state index contributed by atoms with van der Waals surface area (Å²) >= 11 is 0. The third kappa shape index (κ3) is 3.22. The predicted octanol–water partition coefficient (Wildman–Crippen LogP) is 0.901. The Balaban J connectivity index is 2.08. The summed E-state index contributed by atoms with van der Waals surface area (Å²) < 4.78 is 25.9. The number of rotatable bonds is 3. The smallest absolute Gasteiger partial charge is 0.235 e. The lowest BCUT2D eigenvalue weighted by molar-refractivity contribution is 0.600. The molecule has 0 radical (unpaired) electrons. The van der Waals surface area contributed by atoms with Crippen molar-refractivity contribution in [3.8, 4) is 11.8 Å². The maximum Gasteiger partial charge on any atom is 0.235 e. The Morgan fingerprint density at radius 3 is 2.47 bits per heavy atom. The first kappa shape index (κ1) is 12.0. The van der Waals surface area contributed by atoms with Crippen LogP contribution in [-0.4, -0.2) is 20.2 Å². The fourth-order valence-corrected chi connectivity index (χ4v) is 2.79. The largest absolute Gasteiger partial charge is 0.320 e. The molecule has 0 aliphatic heterocycles. The van der Waals surface area contributed by atoms with Crippen molar-refractivity contribution in [1.29, 1.82) is 0 Å². The summed E-state index contributed by atoms with van der Waals surface area (Å²) in [7, 11) is -3.18. The Kier molecular flexibility index (Phi) is 3.36. The minimum Gasteiger partial charge on any atom is -0.320 e. The molecule has 3 N–H and O–H groups in total. The number of anilines is 1. The first-order chi connectivity index (χ1) is 8.12. The van der Waals surface area contributed by atoms with Gasteiger partial charge >= 0.3 is 0 Å². The molecule has 4 nitrogen and oxygen atoms in total. The lowest BCUT2D eigenvalue weighted by atomic mass is 10.2. The maximum absolute atomic E-state index is 11.7. The molecule has 0 amide bonds. The Bertz CT molecular complexity index is 548. The average Bonchev–Trinajstić information content (AvgIpc) is 3.12. The molecule has 0 saturated heterocycles. The lowest BCUT2D eigenvalue weighted by Crippen LogP contribution is -2.17. The van der Waals surface area contributed by atoms with Gasteiger partial charge in [-0.15, -0.1) is 0 Å². The fraction of sp³-hybridized carbons (Fsp3) is 0.333. The summed E-state index contributed by atoms with van der Waals surface area (Å²) in [6.07, 6.45) is 1.52. The maximum atomic E-state index is 11.7. The van der Waals surface area contributed by atoms with E-state index in [1.807, 2.05) is 0 Å². The molecule has 1 aliphatic carbocycles. The number of hydrogen-bond donors (Lipinski definition) is 2. The van der Waals surface area contributed by atoms with Gasteiger partial charge in [0.15, 0.2) is 0 Å². The minimum atomic E-state index is -3.18. The molecule has 2 rings (SSSR count). The highest BCUT2D eigenvalue weighted by molar-refractivity contribution is 7.93. The fourth-order valence-electron chi connectivity index (χ4n) is 1.40. The van der Waals surface area contributed by atoms with Crippen LogP contribution in [0.2, 0.25) is 0 Å². The molecule has 0 heterocycles. The van der Waals surface area contributed by atoms with Crippen LogP contribution in [0.1, 0.15) is 18.4 Å². The molecule has 0 bridgehead atoms. The molecule has 0 aromatic heterocycles. The van der Waals surface area contributed by atoms with Crippen molar-refractivity contribution in [1.82, 2.24) is 0 Å². The summed E-state index contributed by atoms with van der Waals surface area (Å²) in [5.74, 6) is 5.62. The normalized spacial score (nSPS) is 14.9. The second-order valence-corrected chi connectivity index (χ2v) is 5.89. The van der Waals surface area contributed by atoms with Crippen LogP contribution in [-0.2, 0) is 10.0 Å². The highest BCUT2D eigenvalue weighted by Crippen LogP contribution is 2.29. The van der Waals surface area contributed by atoms with E-state index in [1.54, 1.807) is 24.3 Å². The van der Waals surface area contributed by atoms with Crippen LogP contribution in [0.15, 0.2) is 24.3 Å². The van der Waals surface area contributed by atoms with Crippen LogP contribution in [0.25, 0.3) is 0 Å². The third-order valence-electron chi connectivity index (χ3n) is 2.44. The van der Waals surface area contributed by atoms with E-state index in [0.29, 0.717) is 12.2 Å². The van der Waals surface area contributed by atoms with Crippen LogP contribution < -0.4 is 10.5 Å². The third-order valence-corrected chi connectivity index (χ3v) is 4.31. The van der Waals surface area contributed by atoms with E-state index in [4.69, 9.17) is 5.73 Å². The number of nitrogens with one attached hydrogen (secondary N) is 1. The number of nitrogens with two attached hydrogens (primary N) is 1. The monoisotopic (exact) mass is 250 g/mol. The summed E-state index contributed by atoms with van der Waals surface area (Å²) in [5.41, 5.74) is 6.67. The minimum absolute atomic E-state index is 0.209. The van der Waals surface area contributed by atoms with Gasteiger partial charge in [0.05, 0.1) is 11.8 Å². The van der Waals surface area contributed by atoms with Gasteiger partial charge in [-0.05, 0) is 37.1 Å². The van der Waals surface area contributed by atoms with Gasteiger partial charge in [0.1, 0.15) is 0 Å². The molecule has 90 valence electrons. The second-order valence-electron chi connectivity index (χ2n) is 3.93. The van der Waals surface area contributed by atoms with Gasteiger partial charge in [-0.1, -0.05) is 11.8 Å². The number of benzene rings is 1. The van der Waals surface area contributed by atoms with Crippen molar-refractivity contribution < 1.29 is 8.42 Å². The first-order valence-electron chi connectivity index (χ1n) is 5.42. The van der Waals surface area contributed by atoms with Crippen LogP contribution >= 0.6 is 0 Å². The van der Waals surface area contributed by atoms with Crippen LogP contribution in [0.4, 0.5) is 5.69 Å². The van der Waals surface area contributed by atoms with Crippen molar-refractivity contribution in [3.05, 3.63) is 29.8 Å². The molecule has 1 aromatic rings. The lowest BCUT2D eigenvalue weighted by Gasteiger charge is -2.06. The molecule has 1 aromatic carbocycles. The molecule has 1 fully saturated rings. The Labute approximate surface area is 101 Å². The Morgan fingerprint density at radius 1 is 1.29 bits per heavy atom. The molecular weight excluding hydrogens is 236 g/mol. The average molecular weight is 250 g/mol. The van der Waals surface area contributed by atoms with Crippen LogP contribution in [0.3, 0.4) is 0 Å². The van der Waals surface area contributed by atoms with E-state index in [2.05, 4.69) is 16.6 Å². The van der Waals surface area contributed by atoms with Gasteiger partial charge in [-0.25, -0.2) is 8.42 Å². The van der Waals surface area contributed by atoms with E-state index in [1.165, 1.54) is 0 Å². The first-order valence-corrected chi connectivity index (χ1v) is 6.97. The summed E-state index contributed by atoms with van der Waals surface area (Å²) in [4.78, 5) is 0. The van der Waals surface area contributed by atoms with E-state index in [9.17, 15) is 8.42 Å². The van der Waals surface area contributed by atoms with Gasteiger partial charge in [0.25, 0.3) is 0 Å². The molecular formula is C12H14N2O2S. The van der Waals surface area contributed by atoms with Gasteiger partial charge in [0.2, 0.25) is 10.0 Å². The van der Waals surface area contributed by atoms with E-state index in [-0.39, 0.29) is 5.25 Å². The van der Waals surface area contributed by atoms with Crippen molar-refractivity contribution in [3.63, 3.8) is 0 Å². The number of sulfonamides is 1. The molecule has 17 heavy (non-hydrogen) atoms. The highest BCUT2D eigenvalue weighted by Gasteiger charge is 2.35. The van der Waals surface area contributed by atoms with E-state index < -0.39 is 10.0 Å². The topological polar surface area (TPSA) is 72.2 Å². The molecule has 5 heteroatoms. The van der Waals surface area contributed by atoms with Crippen molar-refractivity contribution in [2.45, 2.75) is 18.1 Å². The van der Waals surface area contributed by atoms with Crippen molar-refractivity contribution >= 4 is 15.7 Å². The van der Waals surface area contributed by atoms with Crippen LogP contribution in [0, 0.1) is 11.8 Å². The summed E-state index contributed by atoms with van der Waals surface area (Å²) in [6.45, 7) is 0.316. The standard InChI is InChI=1S/C12H14N2O2S/c13-9-1-2-10-3-5-11(6-4-10)14-17(15,16)12-7-8-12/h3-6,12,14H,7-9,13H2. The SMILES string of the molecule is NCC#Cc1ccc(NS(=O)(=O)C2CC2)cc1. The molecule has 0 atom stereocenters. The molecule has 1 aliphatic rings. The number of hydrogen-bond acceptors (Lipinski definition) is 3. The zero-order chi connectivity index (χ0) is 12.3. The molecule has 0 spiro atoms. The van der Waals surface area contributed by atoms with Crippen molar-refractivity contribution in [2.75, 3.05) is 11.3 Å². The Morgan fingerprint density at radius 2 is 1.94 bits per heavy atom. The summed E-state index contributed by atoms with van der Waals surface area (Å²) in [5, 5.41) is -0.209. The predicted molar refractivity (Wildman–Crippen MR) is 67.9 cm³/mol. The van der Waals surface area contributed by atoms with Gasteiger partial charge in [-0.2, -0.15) is 0 Å². The second kappa shape index (κ2) is 4.78. The molecule has 0 unspecified atom stereocenters. The van der Waals surface area contributed by atoms with Gasteiger partial charge in [0, 0.05) is 11.3 Å². The van der Waals surface area contributed by atoms with Gasteiger partial charge < -0.3 is 5.73 Å². The highest BCUT2D eigenvalue weighted by atomic mass is 32.2. The van der Waals surface area contributed by atoms with Gasteiger partial charge in [-0.3, -0.25) is 4.72 Å². The zero-order valence-electron chi connectivity index (χ0n) is 9.31. The Hall–Kier alpha value is -1.51. The van der Waals surface area contributed by atoms with Crippen LogP contribution in [0.5, 0.6) is 0 Å². The zero-order valence-corrected chi connectivity index (χ0v) is 10.1. The van der Waals surface area contributed by atoms with E-state index in [0.717, 1.165) is 18.4 Å². The molecule has 1 saturated carbocycles. The van der Waals surface area contributed by atoms with E-state index >= 15 is 0 Å². The quantitative estimate of drug-likeness (QED) is 0.783.